The van der Waals surface area contributed by atoms with Crippen LogP contribution in [0, 0.1) is 22.7 Å². The third-order valence-corrected chi connectivity index (χ3v) is 6.78. The third-order valence-electron chi connectivity index (χ3n) is 6.78. The first kappa shape index (κ1) is 17.4. The number of carbonyl (C=O) groups is 1. The molecule has 3 rings (SSSR count). The minimum atomic E-state index is -0.481. The largest absolute Gasteiger partial charge is 0.458 e. The lowest BCUT2D eigenvalue weighted by molar-refractivity contribution is -0.145. The molecule has 0 aromatic rings. The van der Waals surface area contributed by atoms with E-state index in [0.29, 0.717) is 18.6 Å². The number of esters is 1. The van der Waals surface area contributed by atoms with Crippen LogP contribution >= 0.6 is 0 Å². The summed E-state index contributed by atoms with van der Waals surface area (Å²) >= 11 is 0. The van der Waals surface area contributed by atoms with E-state index in [1.807, 2.05) is 13.0 Å². The predicted molar refractivity (Wildman–Crippen MR) is 92.1 cm³/mol. The number of allylic oxidation sites excluding steroid dienone is 2. The van der Waals surface area contributed by atoms with Crippen molar-refractivity contribution in [1.82, 2.24) is 0 Å². The van der Waals surface area contributed by atoms with Crippen molar-refractivity contribution in [3.05, 3.63) is 36.0 Å². The Hall–Kier alpha value is -1.39. The Balaban J connectivity index is 1.92. The van der Waals surface area contributed by atoms with Gasteiger partial charge in [0.1, 0.15) is 6.61 Å². The van der Waals surface area contributed by atoms with Gasteiger partial charge in [-0.25, -0.2) is 4.79 Å². The fourth-order valence-electron chi connectivity index (χ4n) is 5.20. The van der Waals surface area contributed by atoms with Crippen LogP contribution in [0.5, 0.6) is 0 Å². The van der Waals surface area contributed by atoms with E-state index in [0.717, 1.165) is 19.3 Å². The molecule has 0 aromatic heterocycles. The first-order valence-corrected chi connectivity index (χ1v) is 8.85. The van der Waals surface area contributed by atoms with Crippen LogP contribution in [0.3, 0.4) is 0 Å². The van der Waals surface area contributed by atoms with E-state index in [1.165, 1.54) is 5.57 Å². The van der Waals surface area contributed by atoms with Crippen LogP contribution in [-0.4, -0.2) is 35.5 Å². The van der Waals surface area contributed by atoms with E-state index in [2.05, 4.69) is 19.6 Å². The number of rotatable bonds is 3. The minimum absolute atomic E-state index is 0.00515. The molecule has 1 aliphatic heterocycles. The number of cyclic esters (lactones) is 1. The van der Waals surface area contributed by atoms with Gasteiger partial charge in [-0.15, -0.1) is 0 Å². The normalized spacial score (nSPS) is 42.8. The van der Waals surface area contributed by atoms with Gasteiger partial charge < -0.3 is 14.9 Å². The monoisotopic (exact) mass is 332 g/mol. The summed E-state index contributed by atoms with van der Waals surface area (Å²) in [4.78, 5) is 11.7. The highest BCUT2D eigenvalue weighted by Crippen LogP contribution is 2.61. The smallest absolute Gasteiger partial charge is 0.338 e. The van der Waals surface area contributed by atoms with Gasteiger partial charge in [0.2, 0.25) is 0 Å². The Kier molecular flexibility index (Phi) is 4.47. The van der Waals surface area contributed by atoms with Gasteiger partial charge >= 0.3 is 5.97 Å². The summed E-state index contributed by atoms with van der Waals surface area (Å²) in [5, 5.41) is 20.5. The molecule has 4 nitrogen and oxygen atoms in total. The number of aliphatic hydroxyl groups excluding tert-OH is 2. The van der Waals surface area contributed by atoms with Crippen molar-refractivity contribution >= 4 is 5.97 Å². The van der Waals surface area contributed by atoms with E-state index in [-0.39, 0.29) is 29.8 Å². The maximum absolute atomic E-state index is 11.7. The van der Waals surface area contributed by atoms with Gasteiger partial charge in [-0.3, -0.25) is 0 Å². The van der Waals surface area contributed by atoms with Crippen LogP contribution < -0.4 is 0 Å². The van der Waals surface area contributed by atoms with E-state index in [9.17, 15) is 15.0 Å². The van der Waals surface area contributed by atoms with E-state index >= 15 is 0 Å². The van der Waals surface area contributed by atoms with Crippen LogP contribution in [0.1, 0.15) is 39.5 Å². The van der Waals surface area contributed by atoms with E-state index < -0.39 is 11.5 Å². The number of hydrogen-bond donors (Lipinski definition) is 2. The lowest BCUT2D eigenvalue weighted by Crippen LogP contribution is -2.57. The van der Waals surface area contributed by atoms with Crippen molar-refractivity contribution in [2.75, 3.05) is 13.2 Å². The van der Waals surface area contributed by atoms with Gasteiger partial charge in [0.25, 0.3) is 0 Å². The molecule has 0 spiro atoms. The van der Waals surface area contributed by atoms with Gasteiger partial charge in [0.05, 0.1) is 18.3 Å². The van der Waals surface area contributed by atoms with Crippen LogP contribution in [0.4, 0.5) is 0 Å². The first-order chi connectivity index (χ1) is 11.3. The zero-order valence-electron chi connectivity index (χ0n) is 14.6. The highest BCUT2D eigenvalue weighted by atomic mass is 16.5. The number of fused-ring (bicyclic) bond motifs is 1. The molecule has 0 radical (unpaired) electrons. The van der Waals surface area contributed by atoms with Crippen molar-refractivity contribution in [3.8, 4) is 0 Å². The molecule has 1 heterocycles. The molecule has 2 saturated carbocycles. The van der Waals surface area contributed by atoms with E-state index in [1.54, 1.807) is 6.08 Å². The maximum atomic E-state index is 11.7. The zero-order chi connectivity index (χ0) is 17.5. The Labute approximate surface area is 143 Å². The summed E-state index contributed by atoms with van der Waals surface area (Å²) in [6, 6.07) is 0. The van der Waals surface area contributed by atoms with Crippen molar-refractivity contribution in [3.63, 3.8) is 0 Å². The van der Waals surface area contributed by atoms with Gasteiger partial charge in [0.15, 0.2) is 0 Å². The Morgan fingerprint density at radius 2 is 2.17 bits per heavy atom. The lowest BCUT2D eigenvalue weighted by Gasteiger charge is -2.59. The highest BCUT2D eigenvalue weighted by Gasteiger charge is 2.57. The molecule has 3 aliphatic rings. The highest BCUT2D eigenvalue weighted by molar-refractivity contribution is 5.93. The molecule has 0 amide bonds. The quantitative estimate of drug-likeness (QED) is 0.616. The zero-order valence-corrected chi connectivity index (χ0v) is 14.6. The van der Waals surface area contributed by atoms with Crippen molar-refractivity contribution in [1.29, 1.82) is 0 Å². The molecule has 2 unspecified atom stereocenters. The second-order valence-corrected chi connectivity index (χ2v) is 8.07. The molecular formula is C20H28O4. The Morgan fingerprint density at radius 1 is 1.42 bits per heavy atom. The Morgan fingerprint density at radius 3 is 2.79 bits per heavy atom. The maximum Gasteiger partial charge on any atom is 0.338 e. The first-order valence-electron chi connectivity index (χ1n) is 8.85. The van der Waals surface area contributed by atoms with Gasteiger partial charge in [-0.05, 0) is 43.1 Å². The molecule has 0 bridgehead atoms. The van der Waals surface area contributed by atoms with Crippen molar-refractivity contribution in [2.45, 2.75) is 45.6 Å². The number of hydrogen-bond acceptors (Lipinski definition) is 4. The standard InChI is InChI=1S/C20H28O4/c1-13-4-7-16-19(2,10-8-17(22)20(16,3)12-21)15(13)6-5-14-9-11-24-18(14)23/h5-6,9,15-17,21-22H,1,4,7-8,10-12H2,2-3H3/t15?,16?,17-,19-,20+/m1/s1. The molecule has 4 heteroatoms. The summed E-state index contributed by atoms with van der Waals surface area (Å²) in [5.41, 5.74) is 1.24. The SMILES string of the molecule is C=C1CCC2[C@](C)(CC[C@@H](O)[C@@]2(C)CO)C1C=CC1=CCOC1=O. The fourth-order valence-corrected chi connectivity index (χ4v) is 5.20. The average Bonchev–Trinajstić information content (AvgIpc) is 2.96. The second-order valence-electron chi connectivity index (χ2n) is 8.07. The molecule has 0 saturated heterocycles. The summed E-state index contributed by atoms with van der Waals surface area (Å²) in [6.45, 7) is 8.87. The number of carbonyl (C=O) groups excluding carboxylic acids is 1. The molecule has 2 aliphatic carbocycles. The molecule has 0 aromatic carbocycles. The van der Waals surface area contributed by atoms with Crippen LogP contribution in [0.25, 0.3) is 0 Å². The molecule has 2 fully saturated rings. The summed E-state index contributed by atoms with van der Waals surface area (Å²) in [7, 11) is 0. The second kappa shape index (κ2) is 6.16. The summed E-state index contributed by atoms with van der Waals surface area (Å²) in [6.07, 6.45) is 8.69. The summed E-state index contributed by atoms with van der Waals surface area (Å²) in [5.74, 6) is 0.0981. The van der Waals surface area contributed by atoms with Crippen molar-refractivity contribution in [2.24, 2.45) is 22.7 Å². The van der Waals surface area contributed by atoms with Crippen LogP contribution in [-0.2, 0) is 9.53 Å². The topological polar surface area (TPSA) is 66.8 Å². The predicted octanol–water partition coefficient (Wildman–Crippen LogP) is 2.77. The van der Waals surface area contributed by atoms with Crippen molar-refractivity contribution < 1.29 is 19.7 Å². The van der Waals surface area contributed by atoms with Gasteiger partial charge in [-0.1, -0.05) is 38.2 Å². The average molecular weight is 332 g/mol. The Bertz CT molecular complexity index is 605. The lowest BCUT2D eigenvalue weighted by atomic mass is 9.46. The minimum Gasteiger partial charge on any atom is -0.458 e. The van der Waals surface area contributed by atoms with Gasteiger partial charge in [-0.2, -0.15) is 0 Å². The molecule has 24 heavy (non-hydrogen) atoms. The third kappa shape index (κ3) is 2.56. The summed E-state index contributed by atoms with van der Waals surface area (Å²) < 4.78 is 4.96. The van der Waals surface area contributed by atoms with Crippen LogP contribution in [0.15, 0.2) is 36.0 Å². The number of ether oxygens (including phenoxy) is 1. The number of aliphatic hydroxyl groups is 2. The molecule has 132 valence electrons. The van der Waals surface area contributed by atoms with E-state index in [4.69, 9.17) is 4.74 Å². The molecular weight excluding hydrogens is 304 g/mol. The fraction of sp³-hybridized carbons (Fsp3) is 0.650. The molecule has 2 N–H and O–H groups in total. The van der Waals surface area contributed by atoms with Crippen LogP contribution in [0.2, 0.25) is 0 Å². The van der Waals surface area contributed by atoms with Gasteiger partial charge in [0, 0.05) is 11.3 Å². The molecule has 5 atom stereocenters.